The monoisotopic (exact) mass is 327 g/mol. The van der Waals surface area contributed by atoms with Gasteiger partial charge in [0, 0.05) is 0 Å². The summed E-state index contributed by atoms with van der Waals surface area (Å²) in [6.45, 7) is 1.64. The maximum atomic E-state index is 12.1. The van der Waals surface area contributed by atoms with E-state index in [1.54, 1.807) is 19.1 Å². The summed E-state index contributed by atoms with van der Waals surface area (Å²) in [4.78, 5) is 31.5. The molecule has 0 atom stereocenters. The molecule has 0 fully saturated rings. The predicted molar refractivity (Wildman–Crippen MR) is 77.1 cm³/mol. The van der Waals surface area contributed by atoms with Crippen LogP contribution in [0.3, 0.4) is 0 Å². The quantitative estimate of drug-likeness (QED) is 0.872. The van der Waals surface area contributed by atoms with Gasteiger partial charge in [-0.3, -0.25) is 4.79 Å². The van der Waals surface area contributed by atoms with E-state index >= 15 is 0 Å². The molecule has 2 aromatic rings. The second-order valence-corrected chi connectivity index (χ2v) is 5.46. The van der Waals surface area contributed by atoms with Gasteiger partial charge in [-0.2, -0.15) is 0 Å². The first kappa shape index (κ1) is 15.2. The van der Waals surface area contributed by atoms with E-state index in [9.17, 15) is 9.59 Å². The Balaban J connectivity index is 2.23. The van der Waals surface area contributed by atoms with Gasteiger partial charge in [-0.05, 0) is 19.1 Å². The molecule has 21 heavy (non-hydrogen) atoms. The fourth-order valence-corrected chi connectivity index (χ4v) is 2.30. The Bertz CT molecular complexity index is 689. The Morgan fingerprint density at radius 3 is 2.76 bits per heavy atom. The zero-order chi connectivity index (χ0) is 15.4. The first-order valence-electron chi connectivity index (χ1n) is 5.65. The van der Waals surface area contributed by atoms with Crippen molar-refractivity contribution in [3.63, 3.8) is 0 Å². The van der Waals surface area contributed by atoms with Crippen molar-refractivity contribution in [3.05, 3.63) is 33.4 Å². The third-order valence-corrected chi connectivity index (χ3v) is 3.49. The molecular formula is C12H10ClN3O4S. The number of hydrogen-bond acceptors (Lipinski definition) is 7. The minimum absolute atomic E-state index is 0.0107. The van der Waals surface area contributed by atoms with Gasteiger partial charge in [-0.15, -0.1) is 11.3 Å². The van der Waals surface area contributed by atoms with Gasteiger partial charge < -0.3 is 14.8 Å². The van der Waals surface area contributed by atoms with Crippen LogP contribution in [-0.2, 0) is 4.74 Å². The highest BCUT2D eigenvalue weighted by atomic mass is 35.5. The fourth-order valence-electron chi connectivity index (χ4n) is 1.36. The Morgan fingerprint density at radius 1 is 1.38 bits per heavy atom. The van der Waals surface area contributed by atoms with Crippen molar-refractivity contribution in [1.82, 2.24) is 9.97 Å². The number of amides is 1. The lowest BCUT2D eigenvalue weighted by molar-refractivity contribution is 0.102. The van der Waals surface area contributed by atoms with Gasteiger partial charge in [0.1, 0.15) is 5.82 Å². The third-order valence-electron chi connectivity index (χ3n) is 2.26. The molecule has 0 saturated heterocycles. The summed E-state index contributed by atoms with van der Waals surface area (Å²) in [6, 6.07) is 3.19. The Morgan fingerprint density at radius 2 is 2.14 bits per heavy atom. The first-order valence-corrected chi connectivity index (χ1v) is 6.85. The van der Waals surface area contributed by atoms with Crippen molar-refractivity contribution in [2.24, 2.45) is 0 Å². The van der Waals surface area contributed by atoms with Crippen LogP contribution in [0, 0.1) is 6.92 Å². The topological polar surface area (TPSA) is 90.4 Å². The standard InChI is InChI=1S/C12H10ClN3O4S/c1-6-14-5-7(20-12(18)19-2)10(15-6)16-11(17)8-3-4-9(13)21-8/h3-5H,1-2H3,(H,14,15,16,17). The SMILES string of the molecule is COC(=O)Oc1cnc(C)nc1NC(=O)c1ccc(Cl)s1. The molecule has 2 aromatic heterocycles. The van der Waals surface area contributed by atoms with Gasteiger partial charge in [-0.25, -0.2) is 14.8 Å². The number of nitrogens with zero attached hydrogens (tertiary/aromatic N) is 2. The number of ether oxygens (including phenoxy) is 2. The number of halogens is 1. The Kier molecular flexibility index (Phi) is 4.71. The number of carbonyl (C=O) groups is 2. The van der Waals surface area contributed by atoms with Crippen LogP contribution in [0.1, 0.15) is 15.5 Å². The van der Waals surface area contributed by atoms with Gasteiger partial charge in [0.25, 0.3) is 5.91 Å². The number of aryl methyl sites for hydroxylation is 1. The Labute approximate surface area is 128 Å². The molecule has 9 heteroatoms. The number of methoxy groups -OCH3 is 1. The average Bonchev–Trinajstić information content (AvgIpc) is 2.88. The molecule has 110 valence electrons. The van der Waals surface area contributed by atoms with Crippen molar-refractivity contribution in [2.75, 3.05) is 12.4 Å². The van der Waals surface area contributed by atoms with Crippen molar-refractivity contribution < 1.29 is 19.1 Å². The lowest BCUT2D eigenvalue weighted by Crippen LogP contribution is -2.15. The van der Waals surface area contributed by atoms with E-state index < -0.39 is 12.1 Å². The van der Waals surface area contributed by atoms with Gasteiger partial charge in [0.2, 0.25) is 0 Å². The third kappa shape index (κ3) is 3.89. The number of carbonyl (C=O) groups excluding carboxylic acids is 2. The van der Waals surface area contributed by atoms with Crippen LogP contribution in [0.15, 0.2) is 18.3 Å². The molecule has 0 aliphatic carbocycles. The molecule has 0 aromatic carbocycles. The van der Waals surface area contributed by atoms with Gasteiger partial charge in [0.15, 0.2) is 11.6 Å². The van der Waals surface area contributed by atoms with Crippen LogP contribution in [0.5, 0.6) is 5.75 Å². The van der Waals surface area contributed by atoms with Crippen molar-refractivity contribution in [2.45, 2.75) is 6.92 Å². The average molecular weight is 328 g/mol. The van der Waals surface area contributed by atoms with Crippen LogP contribution in [0.25, 0.3) is 0 Å². The van der Waals surface area contributed by atoms with Gasteiger partial charge in [-0.1, -0.05) is 11.6 Å². The first-order chi connectivity index (χ1) is 9.99. The second-order valence-electron chi connectivity index (χ2n) is 3.74. The van der Waals surface area contributed by atoms with E-state index in [2.05, 4.69) is 20.0 Å². The van der Waals surface area contributed by atoms with Crippen LogP contribution in [0.2, 0.25) is 4.34 Å². The number of nitrogens with one attached hydrogen (secondary N) is 1. The molecular weight excluding hydrogens is 318 g/mol. The largest absolute Gasteiger partial charge is 0.513 e. The van der Waals surface area contributed by atoms with Crippen LogP contribution < -0.4 is 10.1 Å². The highest BCUT2D eigenvalue weighted by molar-refractivity contribution is 7.18. The number of aromatic nitrogens is 2. The summed E-state index contributed by atoms with van der Waals surface area (Å²) in [6.07, 6.45) is 0.341. The molecule has 0 bridgehead atoms. The predicted octanol–water partition coefficient (Wildman–Crippen LogP) is 2.90. The second kappa shape index (κ2) is 6.51. The number of anilines is 1. The van der Waals surface area contributed by atoms with E-state index in [4.69, 9.17) is 16.3 Å². The van der Waals surface area contributed by atoms with Crippen LogP contribution >= 0.6 is 22.9 Å². The van der Waals surface area contributed by atoms with Crippen LogP contribution in [0.4, 0.5) is 10.6 Å². The van der Waals surface area contributed by atoms with Crippen molar-refractivity contribution in [3.8, 4) is 5.75 Å². The molecule has 0 radical (unpaired) electrons. The Hall–Kier alpha value is -2.19. The minimum atomic E-state index is -0.933. The van der Waals surface area contributed by atoms with E-state index in [1.807, 2.05) is 0 Å². The molecule has 0 unspecified atom stereocenters. The molecule has 0 spiro atoms. The van der Waals surface area contributed by atoms with E-state index in [-0.39, 0.29) is 11.6 Å². The zero-order valence-electron chi connectivity index (χ0n) is 11.0. The molecule has 1 amide bonds. The molecule has 0 aliphatic heterocycles. The molecule has 1 N–H and O–H groups in total. The summed E-state index contributed by atoms with van der Waals surface area (Å²) in [7, 11) is 1.17. The van der Waals surface area contributed by atoms with E-state index in [0.717, 1.165) is 11.3 Å². The number of thiophene rings is 1. The number of rotatable bonds is 3. The molecule has 2 heterocycles. The summed E-state index contributed by atoms with van der Waals surface area (Å²) >= 11 is 6.90. The van der Waals surface area contributed by atoms with E-state index in [1.165, 1.54) is 13.3 Å². The maximum Gasteiger partial charge on any atom is 0.513 e. The van der Waals surface area contributed by atoms with Crippen LogP contribution in [-0.4, -0.2) is 29.1 Å². The minimum Gasteiger partial charge on any atom is -0.437 e. The zero-order valence-corrected chi connectivity index (χ0v) is 12.6. The summed E-state index contributed by atoms with van der Waals surface area (Å²) in [5.41, 5.74) is 0. The highest BCUT2D eigenvalue weighted by Gasteiger charge is 2.16. The van der Waals surface area contributed by atoms with E-state index in [0.29, 0.717) is 15.0 Å². The highest BCUT2D eigenvalue weighted by Crippen LogP contribution is 2.25. The lowest BCUT2D eigenvalue weighted by Gasteiger charge is -2.09. The molecule has 0 saturated carbocycles. The van der Waals surface area contributed by atoms with Gasteiger partial charge in [0.05, 0.1) is 22.5 Å². The fraction of sp³-hybridized carbons (Fsp3) is 0.167. The molecule has 2 rings (SSSR count). The summed E-state index contributed by atoms with van der Waals surface area (Å²) in [5, 5.41) is 2.54. The van der Waals surface area contributed by atoms with Crippen molar-refractivity contribution >= 4 is 40.8 Å². The molecule has 7 nitrogen and oxygen atoms in total. The number of hydrogen-bond donors (Lipinski definition) is 1. The van der Waals surface area contributed by atoms with Crippen molar-refractivity contribution in [1.29, 1.82) is 0 Å². The lowest BCUT2D eigenvalue weighted by atomic mass is 10.4. The normalized spacial score (nSPS) is 10.0. The smallest absolute Gasteiger partial charge is 0.437 e. The van der Waals surface area contributed by atoms with Gasteiger partial charge >= 0.3 is 6.16 Å². The maximum absolute atomic E-state index is 12.1. The summed E-state index contributed by atoms with van der Waals surface area (Å²) < 4.78 is 9.75. The molecule has 0 aliphatic rings. The summed E-state index contributed by atoms with van der Waals surface area (Å²) in [5.74, 6) is 0.0531.